The van der Waals surface area contributed by atoms with E-state index in [2.05, 4.69) is 15.9 Å². The quantitative estimate of drug-likeness (QED) is 0.782. The van der Waals surface area contributed by atoms with E-state index in [9.17, 15) is 27.2 Å². The maximum atomic E-state index is 13.0. The van der Waals surface area contributed by atoms with Crippen LogP contribution in [0.4, 0.5) is 17.6 Å². The third kappa shape index (κ3) is 6.11. The van der Waals surface area contributed by atoms with Gasteiger partial charge in [0, 0.05) is 4.47 Å². The number of carboxylic acids is 1. The summed E-state index contributed by atoms with van der Waals surface area (Å²) in [5, 5.41) is 10.4. The van der Waals surface area contributed by atoms with Gasteiger partial charge in [0.25, 0.3) is 0 Å². The Morgan fingerprint density at radius 1 is 1.33 bits per heavy atom. The summed E-state index contributed by atoms with van der Waals surface area (Å²) in [6.45, 7) is 0. The second-order valence-corrected chi connectivity index (χ2v) is 5.04. The predicted molar refractivity (Wildman–Crippen MR) is 68.0 cm³/mol. The minimum atomic E-state index is -4.73. The van der Waals surface area contributed by atoms with Crippen LogP contribution >= 0.6 is 15.9 Å². The van der Waals surface area contributed by atoms with Crippen LogP contribution in [0.25, 0.3) is 0 Å². The molecule has 1 aromatic rings. The fourth-order valence-corrected chi connectivity index (χ4v) is 1.92. The molecule has 4 nitrogen and oxygen atoms in total. The highest BCUT2D eigenvalue weighted by molar-refractivity contribution is 9.10. The Bertz CT molecular complexity index is 548. The van der Waals surface area contributed by atoms with Crippen molar-refractivity contribution in [3.63, 3.8) is 0 Å². The van der Waals surface area contributed by atoms with Gasteiger partial charge in [0.15, 0.2) is 0 Å². The number of hydrogen-bond donors (Lipinski definition) is 2. The molecule has 21 heavy (non-hydrogen) atoms. The largest absolute Gasteiger partial charge is 0.480 e. The number of carboxylic acid groups (broad SMARTS) is 1. The molecule has 1 rings (SSSR count). The smallest absolute Gasteiger partial charge is 0.391 e. The predicted octanol–water partition coefficient (Wildman–Crippen LogP) is 2.65. The molecule has 0 aliphatic rings. The molecular formula is C12H10BrF4NO3. The second-order valence-electron chi connectivity index (χ2n) is 4.19. The van der Waals surface area contributed by atoms with Crippen LogP contribution in [0, 0.1) is 5.82 Å². The van der Waals surface area contributed by atoms with Crippen LogP contribution < -0.4 is 5.32 Å². The van der Waals surface area contributed by atoms with Gasteiger partial charge in [-0.3, -0.25) is 4.79 Å². The van der Waals surface area contributed by atoms with E-state index < -0.39 is 42.8 Å². The van der Waals surface area contributed by atoms with E-state index in [0.717, 1.165) is 12.1 Å². The van der Waals surface area contributed by atoms with E-state index in [4.69, 9.17) is 5.11 Å². The van der Waals surface area contributed by atoms with E-state index in [1.54, 1.807) is 5.32 Å². The van der Waals surface area contributed by atoms with Crippen LogP contribution in [0.1, 0.15) is 12.0 Å². The standard InChI is InChI=1S/C12H10BrF4NO3/c13-8-2-1-7(14)3-6(8)4-10(19)18-9(11(20)21)5-12(15,16)17/h1-3,9H,4-5H2,(H,18,19)(H,20,21). The number of amides is 1. The molecule has 1 amide bonds. The van der Waals surface area contributed by atoms with E-state index in [-0.39, 0.29) is 5.56 Å². The van der Waals surface area contributed by atoms with Gasteiger partial charge in [0.2, 0.25) is 5.91 Å². The van der Waals surface area contributed by atoms with E-state index in [1.807, 2.05) is 0 Å². The first kappa shape index (κ1) is 17.4. The number of halogens is 5. The molecule has 116 valence electrons. The fourth-order valence-electron chi connectivity index (χ4n) is 1.53. The number of alkyl halides is 3. The molecule has 0 saturated heterocycles. The molecule has 1 unspecified atom stereocenters. The first-order valence-electron chi connectivity index (χ1n) is 5.61. The van der Waals surface area contributed by atoms with Gasteiger partial charge in [0.05, 0.1) is 12.8 Å². The number of aliphatic carboxylic acids is 1. The van der Waals surface area contributed by atoms with Crippen molar-refractivity contribution in [1.29, 1.82) is 0 Å². The summed E-state index contributed by atoms with van der Waals surface area (Å²) in [5.74, 6) is -3.36. The Labute approximate surface area is 125 Å². The first-order valence-corrected chi connectivity index (χ1v) is 6.40. The van der Waals surface area contributed by atoms with Gasteiger partial charge in [-0.15, -0.1) is 0 Å². The van der Waals surface area contributed by atoms with Crippen LogP contribution in [0.2, 0.25) is 0 Å². The van der Waals surface area contributed by atoms with Crippen molar-refractivity contribution in [2.75, 3.05) is 0 Å². The average Bonchev–Trinajstić information content (AvgIpc) is 2.31. The summed E-state index contributed by atoms with van der Waals surface area (Å²) in [6.07, 6.45) is -6.85. The Kier molecular flexibility index (Phi) is 5.70. The van der Waals surface area contributed by atoms with Crippen molar-refractivity contribution in [3.05, 3.63) is 34.1 Å². The maximum absolute atomic E-state index is 13.0. The summed E-state index contributed by atoms with van der Waals surface area (Å²) in [4.78, 5) is 22.3. The lowest BCUT2D eigenvalue weighted by molar-refractivity contribution is -0.159. The molecule has 9 heteroatoms. The first-order chi connectivity index (χ1) is 9.58. The van der Waals surface area contributed by atoms with E-state index in [0.29, 0.717) is 4.47 Å². The van der Waals surface area contributed by atoms with Crippen LogP contribution in [0.15, 0.2) is 22.7 Å². The van der Waals surface area contributed by atoms with Crippen molar-refractivity contribution in [2.24, 2.45) is 0 Å². The van der Waals surface area contributed by atoms with Gasteiger partial charge in [-0.2, -0.15) is 13.2 Å². The Balaban J connectivity index is 2.74. The molecule has 0 saturated carbocycles. The number of benzene rings is 1. The van der Waals surface area contributed by atoms with Gasteiger partial charge in [0.1, 0.15) is 11.9 Å². The molecule has 0 heterocycles. The van der Waals surface area contributed by atoms with Crippen LogP contribution in [-0.2, 0) is 16.0 Å². The highest BCUT2D eigenvalue weighted by atomic mass is 79.9. The van der Waals surface area contributed by atoms with Gasteiger partial charge in [-0.1, -0.05) is 15.9 Å². The molecular weight excluding hydrogens is 362 g/mol. The zero-order chi connectivity index (χ0) is 16.2. The lowest BCUT2D eigenvalue weighted by atomic mass is 10.1. The average molecular weight is 372 g/mol. The Hall–Kier alpha value is -1.64. The molecule has 0 fully saturated rings. The highest BCUT2D eigenvalue weighted by Gasteiger charge is 2.36. The zero-order valence-corrected chi connectivity index (χ0v) is 12.0. The zero-order valence-electron chi connectivity index (χ0n) is 10.4. The summed E-state index contributed by atoms with van der Waals surface area (Å²) in [7, 11) is 0. The van der Waals surface area contributed by atoms with Crippen LogP contribution in [0.3, 0.4) is 0 Å². The summed E-state index contributed by atoms with van der Waals surface area (Å²) in [5.41, 5.74) is 0.198. The Morgan fingerprint density at radius 3 is 2.48 bits per heavy atom. The van der Waals surface area contributed by atoms with E-state index in [1.165, 1.54) is 6.07 Å². The summed E-state index contributed by atoms with van der Waals surface area (Å²) in [6, 6.07) is 1.42. The third-order valence-electron chi connectivity index (χ3n) is 2.43. The molecule has 0 aliphatic heterocycles. The second kappa shape index (κ2) is 6.88. The SMILES string of the molecule is O=C(Cc1cc(F)ccc1Br)NC(CC(F)(F)F)C(=O)O. The number of rotatable bonds is 5. The minimum absolute atomic E-state index is 0.198. The third-order valence-corrected chi connectivity index (χ3v) is 3.20. The number of carbonyl (C=O) groups is 2. The number of nitrogens with one attached hydrogen (secondary N) is 1. The monoisotopic (exact) mass is 371 g/mol. The molecule has 0 bridgehead atoms. The van der Waals surface area contributed by atoms with Crippen molar-refractivity contribution < 1.29 is 32.3 Å². The molecule has 0 radical (unpaired) electrons. The van der Waals surface area contributed by atoms with Gasteiger partial charge >= 0.3 is 12.1 Å². The highest BCUT2D eigenvalue weighted by Crippen LogP contribution is 2.22. The summed E-state index contributed by atoms with van der Waals surface area (Å²) < 4.78 is 50.0. The lowest BCUT2D eigenvalue weighted by Crippen LogP contribution is -2.44. The maximum Gasteiger partial charge on any atom is 0.391 e. The van der Waals surface area contributed by atoms with Crippen molar-refractivity contribution in [1.82, 2.24) is 5.32 Å². The Morgan fingerprint density at radius 2 is 1.95 bits per heavy atom. The number of carbonyl (C=O) groups excluding carboxylic acids is 1. The van der Waals surface area contributed by atoms with Gasteiger partial charge in [-0.25, -0.2) is 9.18 Å². The molecule has 2 N–H and O–H groups in total. The molecule has 0 aliphatic carbocycles. The van der Waals surface area contributed by atoms with Crippen LogP contribution in [-0.4, -0.2) is 29.2 Å². The van der Waals surface area contributed by atoms with E-state index >= 15 is 0 Å². The van der Waals surface area contributed by atoms with Gasteiger partial charge < -0.3 is 10.4 Å². The van der Waals surface area contributed by atoms with Gasteiger partial charge in [-0.05, 0) is 23.8 Å². The normalized spacial score (nSPS) is 12.8. The fraction of sp³-hybridized carbons (Fsp3) is 0.333. The van der Waals surface area contributed by atoms with Crippen LogP contribution in [0.5, 0.6) is 0 Å². The molecule has 1 atom stereocenters. The number of hydrogen-bond acceptors (Lipinski definition) is 2. The topological polar surface area (TPSA) is 66.4 Å². The molecule has 1 aromatic carbocycles. The van der Waals surface area contributed by atoms with Crippen molar-refractivity contribution >= 4 is 27.8 Å². The molecule has 0 aromatic heterocycles. The van der Waals surface area contributed by atoms with Crippen molar-refractivity contribution in [3.8, 4) is 0 Å². The lowest BCUT2D eigenvalue weighted by Gasteiger charge is -2.16. The molecule has 0 spiro atoms. The minimum Gasteiger partial charge on any atom is -0.480 e. The summed E-state index contributed by atoms with van der Waals surface area (Å²) >= 11 is 3.06. The van der Waals surface area contributed by atoms with Crippen molar-refractivity contribution in [2.45, 2.75) is 25.1 Å².